The fourth-order valence-corrected chi connectivity index (χ4v) is 3.34. The lowest BCUT2D eigenvalue weighted by atomic mass is 9.84. The Morgan fingerprint density at radius 3 is 2.90 bits per heavy atom. The molecule has 3 aliphatic rings. The van der Waals surface area contributed by atoms with Crippen LogP contribution in [0.25, 0.3) is 11.1 Å². The fourth-order valence-electron chi connectivity index (χ4n) is 3.34. The van der Waals surface area contributed by atoms with Gasteiger partial charge < -0.3 is 14.6 Å². The lowest BCUT2D eigenvalue weighted by Gasteiger charge is -2.44. The van der Waals surface area contributed by atoms with Crippen molar-refractivity contribution in [3.05, 3.63) is 30.2 Å². The van der Waals surface area contributed by atoms with Gasteiger partial charge in [-0.25, -0.2) is 4.98 Å². The first-order valence-corrected chi connectivity index (χ1v) is 7.17. The maximum Gasteiger partial charge on any atom is 0.270 e. The average Bonchev–Trinajstić information content (AvgIpc) is 2.96. The number of carbonyl (C=O) groups is 1. The topological polar surface area (TPSA) is 58.4 Å². The highest BCUT2D eigenvalue weighted by atomic mass is 16.3. The van der Waals surface area contributed by atoms with Gasteiger partial charge in [-0.05, 0) is 50.0 Å². The van der Waals surface area contributed by atoms with Crippen LogP contribution in [-0.2, 0) is 0 Å². The van der Waals surface area contributed by atoms with E-state index < -0.39 is 0 Å². The zero-order valence-electron chi connectivity index (χ0n) is 11.2. The molecule has 0 spiro atoms. The summed E-state index contributed by atoms with van der Waals surface area (Å²) in [4.78, 5) is 19.0. The summed E-state index contributed by atoms with van der Waals surface area (Å²) in [7, 11) is 0. The van der Waals surface area contributed by atoms with Crippen LogP contribution < -0.4 is 5.32 Å². The molecule has 3 fully saturated rings. The molecule has 2 bridgehead atoms. The summed E-state index contributed by atoms with van der Waals surface area (Å²) in [6.07, 6.45) is 3.97. The predicted molar refractivity (Wildman–Crippen MR) is 74.4 cm³/mol. The number of furan rings is 1. The van der Waals surface area contributed by atoms with Crippen LogP contribution in [0.15, 0.2) is 28.9 Å². The number of aromatic nitrogens is 1. The van der Waals surface area contributed by atoms with E-state index in [4.69, 9.17) is 4.42 Å². The highest BCUT2D eigenvalue weighted by Crippen LogP contribution is 2.27. The second-order valence-corrected chi connectivity index (χ2v) is 5.73. The number of rotatable bonds is 2. The molecule has 3 saturated heterocycles. The van der Waals surface area contributed by atoms with Gasteiger partial charge >= 0.3 is 0 Å². The van der Waals surface area contributed by atoms with Gasteiger partial charge in [-0.3, -0.25) is 4.79 Å². The molecule has 0 saturated carbocycles. The summed E-state index contributed by atoms with van der Waals surface area (Å²) in [5.41, 5.74) is 0.954. The van der Waals surface area contributed by atoms with Gasteiger partial charge in [0, 0.05) is 18.0 Å². The van der Waals surface area contributed by atoms with Gasteiger partial charge in [0.1, 0.15) is 5.69 Å². The van der Waals surface area contributed by atoms with Crippen molar-refractivity contribution in [2.45, 2.75) is 18.9 Å². The molecule has 2 aromatic rings. The van der Waals surface area contributed by atoms with Gasteiger partial charge in [0.15, 0.2) is 0 Å². The second kappa shape index (κ2) is 4.59. The van der Waals surface area contributed by atoms with Crippen LogP contribution in [0.4, 0.5) is 0 Å². The first-order chi connectivity index (χ1) is 9.79. The van der Waals surface area contributed by atoms with Crippen molar-refractivity contribution in [3.63, 3.8) is 0 Å². The summed E-state index contributed by atoms with van der Waals surface area (Å²) in [6, 6.07) is 5.74. The summed E-state index contributed by atoms with van der Waals surface area (Å²) in [6.45, 7) is 3.32. The second-order valence-electron chi connectivity index (χ2n) is 5.73. The average molecular weight is 271 g/mol. The summed E-state index contributed by atoms with van der Waals surface area (Å²) in [5, 5.41) is 4.06. The van der Waals surface area contributed by atoms with E-state index in [1.54, 1.807) is 12.3 Å². The third-order valence-electron chi connectivity index (χ3n) is 4.52. The number of amides is 1. The zero-order chi connectivity index (χ0) is 13.5. The van der Waals surface area contributed by atoms with Crippen LogP contribution in [0.2, 0.25) is 0 Å². The van der Waals surface area contributed by atoms with E-state index >= 15 is 0 Å². The van der Waals surface area contributed by atoms with Crippen molar-refractivity contribution in [1.82, 2.24) is 15.2 Å². The number of pyridine rings is 1. The minimum Gasteiger partial charge on any atom is -0.446 e. The van der Waals surface area contributed by atoms with Crippen molar-refractivity contribution in [3.8, 4) is 0 Å². The standard InChI is InChI=1S/C15H17N3O2/c19-14(12-2-1-11-5-8-20-15(11)17-12)16-13-9-18-6-3-10(13)4-7-18/h1-2,5,8,10,13H,3-4,6-7,9H2,(H,16,19)/t13-/m0/s1. The zero-order valence-corrected chi connectivity index (χ0v) is 11.2. The Hall–Kier alpha value is -1.88. The third kappa shape index (κ3) is 1.98. The third-order valence-corrected chi connectivity index (χ3v) is 4.52. The summed E-state index contributed by atoms with van der Waals surface area (Å²) in [5.74, 6) is 0.526. The van der Waals surface area contributed by atoms with Gasteiger partial charge in [0.2, 0.25) is 5.71 Å². The Balaban J connectivity index is 1.52. The smallest absolute Gasteiger partial charge is 0.270 e. The molecule has 5 rings (SSSR count). The van der Waals surface area contributed by atoms with E-state index in [0.717, 1.165) is 11.9 Å². The van der Waals surface area contributed by atoms with Crippen LogP contribution in [0.3, 0.4) is 0 Å². The normalized spacial score (nSPS) is 28.7. The maximum absolute atomic E-state index is 12.3. The molecule has 0 aromatic carbocycles. The van der Waals surface area contributed by atoms with Crippen molar-refractivity contribution < 1.29 is 9.21 Å². The first kappa shape index (κ1) is 11.9. The van der Waals surface area contributed by atoms with Crippen LogP contribution in [0, 0.1) is 5.92 Å². The molecule has 0 unspecified atom stereocenters. The monoisotopic (exact) mass is 271 g/mol. The highest BCUT2D eigenvalue weighted by Gasteiger charge is 2.35. The Morgan fingerprint density at radius 2 is 2.15 bits per heavy atom. The van der Waals surface area contributed by atoms with Crippen molar-refractivity contribution in [1.29, 1.82) is 0 Å². The molecule has 0 radical (unpaired) electrons. The molecule has 0 aliphatic carbocycles. The van der Waals surface area contributed by atoms with Crippen LogP contribution >= 0.6 is 0 Å². The Bertz CT molecular complexity index is 643. The summed E-state index contributed by atoms with van der Waals surface area (Å²) >= 11 is 0. The van der Waals surface area contributed by atoms with E-state index in [-0.39, 0.29) is 11.9 Å². The van der Waals surface area contributed by atoms with E-state index in [1.807, 2.05) is 12.1 Å². The quantitative estimate of drug-likeness (QED) is 0.902. The van der Waals surface area contributed by atoms with E-state index in [9.17, 15) is 4.79 Å². The van der Waals surface area contributed by atoms with Gasteiger partial charge in [-0.15, -0.1) is 0 Å². The van der Waals surface area contributed by atoms with Gasteiger partial charge in [-0.1, -0.05) is 0 Å². The van der Waals surface area contributed by atoms with Crippen LogP contribution in [0.5, 0.6) is 0 Å². The molecule has 1 N–H and O–H groups in total. The Morgan fingerprint density at radius 1 is 1.30 bits per heavy atom. The van der Waals surface area contributed by atoms with Crippen LogP contribution in [-0.4, -0.2) is 41.5 Å². The number of nitrogens with one attached hydrogen (secondary N) is 1. The molecule has 5 heterocycles. The molecule has 104 valence electrons. The lowest BCUT2D eigenvalue weighted by molar-refractivity contribution is 0.0618. The maximum atomic E-state index is 12.3. The van der Waals surface area contributed by atoms with Gasteiger partial charge in [-0.2, -0.15) is 0 Å². The predicted octanol–water partition coefficient (Wildman–Crippen LogP) is 1.65. The van der Waals surface area contributed by atoms with Crippen molar-refractivity contribution in [2.75, 3.05) is 19.6 Å². The lowest BCUT2D eigenvalue weighted by Crippen LogP contribution is -2.57. The number of hydrogen-bond acceptors (Lipinski definition) is 4. The minimum absolute atomic E-state index is 0.0953. The van der Waals surface area contributed by atoms with Crippen molar-refractivity contribution in [2.24, 2.45) is 5.92 Å². The molecule has 1 amide bonds. The van der Waals surface area contributed by atoms with Gasteiger partial charge in [0.25, 0.3) is 5.91 Å². The molecule has 1 atom stereocenters. The molecular formula is C15H17N3O2. The van der Waals surface area contributed by atoms with E-state index in [2.05, 4.69) is 15.2 Å². The number of piperidine rings is 3. The van der Waals surface area contributed by atoms with E-state index in [1.165, 1.54) is 25.9 Å². The minimum atomic E-state index is -0.0953. The summed E-state index contributed by atoms with van der Waals surface area (Å²) < 4.78 is 5.25. The molecule has 5 nitrogen and oxygen atoms in total. The number of hydrogen-bond donors (Lipinski definition) is 1. The van der Waals surface area contributed by atoms with Crippen molar-refractivity contribution >= 4 is 17.0 Å². The molecular weight excluding hydrogens is 254 g/mol. The molecule has 3 aliphatic heterocycles. The Kier molecular flexibility index (Phi) is 2.73. The number of carbonyl (C=O) groups excluding carboxylic acids is 1. The molecule has 20 heavy (non-hydrogen) atoms. The van der Waals surface area contributed by atoms with Gasteiger partial charge in [0.05, 0.1) is 6.26 Å². The van der Waals surface area contributed by atoms with Crippen LogP contribution in [0.1, 0.15) is 23.3 Å². The molecule has 2 aromatic heterocycles. The first-order valence-electron chi connectivity index (χ1n) is 7.17. The van der Waals surface area contributed by atoms with E-state index in [0.29, 0.717) is 17.3 Å². The number of fused-ring (bicyclic) bond motifs is 4. The fraction of sp³-hybridized carbons (Fsp3) is 0.467. The highest BCUT2D eigenvalue weighted by molar-refractivity contribution is 5.94. The SMILES string of the molecule is O=C(N[C@H]1CN2CCC1CC2)c1ccc2ccoc2n1. The number of nitrogens with zero attached hydrogens (tertiary/aromatic N) is 2. The largest absolute Gasteiger partial charge is 0.446 e. The molecule has 5 heteroatoms. The Labute approximate surface area is 117 Å².